The Bertz CT molecular complexity index is 1010. The van der Waals surface area contributed by atoms with Crippen LogP contribution in [0, 0.1) is 0 Å². The van der Waals surface area contributed by atoms with Gasteiger partial charge in [0.15, 0.2) is 17.3 Å². The fourth-order valence-corrected chi connectivity index (χ4v) is 2.46. The highest BCUT2D eigenvalue weighted by Gasteiger charge is 2.33. The van der Waals surface area contributed by atoms with Crippen molar-refractivity contribution in [2.45, 2.75) is 6.18 Å². The van der Waals surface area contributed by atoms with Gasteiger partial charge in [-0.25, -0.2) is 9.97 Å². The van der Waals surface area contributed by atoms with Gasteiger partial charge in [-0.2, -0.15) is 18.3 Å². The minimum atomic E-state index is -4.62. The molecule has 9 heteroatoms. The number of nitrogens with zero attached hydrogens (tertiary/aromatic N) is 3. The van der Waals surface area contributed by atoms with Gasteiger partial charge < -0.3 is 9.47 Å². The maximum Gasteiger partial charge on any atom is 0.433 e. The zero-order valence-corrected chi connectivity index (χ0v) is 15.6. The quantitative estimate of drug-likeness (QED) is 0.481. The molecule has 0 amide bonds. The zero-order chi connectivity index (χ0) is 20.9. The van der Waals surface area contributed by atoms with E-state index >= 15 is 0 Å². The van der Waals surface area contributed by atoms with Crippen LogP contribution in [0.2, 0.25) is 0 Å². The number of nitrogens with one attached hydrogen (secondary N) is 1. The van der Waals surface area contributed by atoms with Crippen LogP contribution in [0.1, 0.15) is 11.3 Å². The summed E-state index contributed by atoms with van der Waals surface area (Å²) in [4.78, 5) is 7.76. The minimum absolute atomic E-state index is 0.0554. The Hall–Kier alpha value is -3.62. The molecule has 1 aromatic heterocycles. The molecule has 0 fully saturated rings. The Balaban J connectivity index is 1.90. The van der Waals surface area contributed by atoms with Crippen LogP contribution in [-0.4, -0.2) is 30.4 Å². The molecular formula is C20H17F3N4O2. The normalized spacial score (nSPS) is 11.5. The summed E-state index contributed by atoms with van der Waals surface area (Å²) in [7, 11) is 3.02. The number of anilines is 1. The van der Waals surface area contributed by atoms with E-state index in [2.05, 4.69) is 20.5 Å². The van der Waals surface area contributed by atoms with Crippen molar-refractivity contribution in [1.82, 2.24) is 9.97 Å². The van der Waals surface area contributed by atoms with Gasteiger partial charge in [-0.1, -0.05) is 30.3 Å². The van der Waals surface area contributed by atoms with Crippen molar-refractivity contribution in [3.63, 3.8) is 0 Å². The fourth-order valence-electron chi connectivity index (χ4n) is 2.46. The lowest BCUT2D eigenvalue weighted by Gasteiger charge is -2.10. The van der Waals surface area contributed by atoms with Crippen molar-refractivity contribution in [1.29, 1.82) is 0 Å². The average molecular weight is 402 g/mol. The van der Waals surface area contributed by atoms with Gasteiger partial charge in [0, 0.05) is 23.3 Å². The van der Waals surface area contributed by atoms with Gasteiger partial charge in [0.25, 0.3) is 0 Å². The third-order valence-electron chi connectivity index (χ3n) is 3.87. The summed E-state index contributed by atoms with van der Waals surface area (Å²) in [5, 5.41) is 3.98. The van der Waals surface area contributed by atoms with Gasteiger partial charge >= 0.3 is 6.18 Å². The topological polar surface area (TPSA) is 68.6 Å². The summed E-state index contributed by atoms with van der Waals surface area (Å²) in [5.41, 5.74) is 2.53. The van der Waals surface area contributed by atoms with Crippen LogP contribution in [0.4, 0.5) is 19.0 Å². The minimum Gasteiger partial charge on any atom is -0.497 e. The molecule has 0 saturated carbocycles. The largest absolute Gasteiger partial charge is 0.497 e. The Kier molecular flexibility index (Phi) is 5.96. The van der Waals surface area contributed by atoms with Crippen LogP contribution >= 0.6 is 0 Å². The SMILES string of the molecule is COc1ccc(C=NNc2cc(C(F)(F)F)nc(-c3ccccc3)n2)c(OC)c1. The molecule has 150 valence electrons. The van der Waals surface area contributed by atoms with E-state index in [1.165, 1.54) is 20.4 Å². The van der Waals surface area contributed by atoms with E-state index in [1.54, 1.807) is 48.5 Å². The molecule has 0 radical (unpaired) electrons. The van der Waals surface area contributed by atoms with Gasteiger partial charge in [-0.05, 0) is 12.1 Å². The highest BCUT2D eigenvalue weighted by molar-refractivity contribution is 5.84. The van der Waals surface area contributed by atoms with Crippen LogP contribution in [0.5, 0.6) is 11.5 Å². The molecule has 1 heterocycles. The second kappa shape index (κ2) is 8.59. The highest BCUT2D eigenvalue weighted by atomic mass is 19.4. The molecule has 0 aliphatic carbocycles. The van der Waals surface area contributed by atoms with Crippen molar-refractivity contribution in [3.8, 4) is 22.9 Å². The average Bonchev–Trinajstić information content (AvgIpc) is 2.73. The third-order valence-corrected chi connectivity index (χ3v) is 3.87. The molecule has 3 aromatic rings. The molecule has 6 nitrogen and oxygen atoms in total. The number of hydrazone groups is 1. The predicted molar refractivity (Wildman–Crippen MR) is 103 cm³/mol. The van der Waals surface area contributed by atoms with Gasteiger partial charge in [0.2, 0.25) is 0 Å². The monoisotopic (exact) mass is 402 g/mol. The first-order valence-corrected chi connectivity index (χ1v) is 8.43. The summed E-state index contributed by atoms with van der Waals surface area (Å²) in [5.74, 6) is 0.957. The van der Waals surface area contributed by atoms with Gasteiger partial charge in [0.1, 0.15) is 11.5 Å². The van der Waals surface area contributed by atoms with Crippen molar-refractivity contribution in [3.05, 3.63) is 65.9 Å². The van der Waals surface area contributed by atoms with E-state index in [9.17, 15) is 13.2 Å². The van der Waals surface area contributed by atoms with E-state index in [0.717, 1.165) is 6.07 Å². The maximum atomic E-state index is 13.2. The lowest BCUT2D eigenvalue weighted by molar-refractivity contribution is -0.141. The molecular weight excluding hydrogens is 385 g/mol. The predicted octanol–water partition coefficient (Wildman–Crippen LogP) is 4.63. The number of halogens is 3. The first kappa shape index (κ1) is 20.1. The van der Waals surface area contributed by atoms with E-state index in [4.69, 9.17) is 9.47 Å². The number of hydrogen-bond acceptors (Lipinski definition) is 6. The third kappa shape index (κ3) is 5.01. The van der Waals surface area contributed by atoms with Crippen LogP contribution in [0.3, 0.4) is 0 Å². The smallest absolute Gasteiger partial charge is 0.433 e. The van der Waals surface area contributed by atoms with E-state index in [1.807, 2.05) is 0 Å². The lowest BCUT2D eigenvalue weighted by Crippen LogP contribution is -2.11. The molecule has 0 atom stereocenters. The summed E-state index contributed by atoms with van der Waals surface area (Å²) < 4.78 is 50.1. The number of hydrogen-bond donors (Lipinski definition) is 1. The van der Waals surface area contributed by atoms with Gasteiger partial charge in [-0.15, -0.1) is 0 Å². The molecule has 3 rings (SSSR count). The lowest BCUT2D eigenvalue weighted by atomic mass is 10.2. The van der Waals surface area contributed by atoms with Crippen molar-refractivity contribution in [2.24, 2.45) is 5.10 Å². The number of ether oxygens (including phenoxy) is 2. The molecule has 1 N–H and O–H groups in total. The molecule has 29 heavy (non-hydrogen) atoms. The Morgan fingerprint density at radius 1 is 0.966 bits per heavy atom. The number of benzene rings is 2. The number of rotatable bonds is 6. The van der Waals surface area contributed by atoms with Crippen LogP contribution in [0.15, 0.2) is 59.7 Å². The summed E-state index contributed by atoms with van der Waals surface area (Å²) >= 11 is 0. The first-order valence-electron chi connectivity index (χ1n) is 8.43. The second-order valence-corrected chi connectivity index (χ2v) is 5.80. The number of methoxy groups -OCH3 is 2. The van der Waals surface area contributed by atoms with Gasteiger partial charge in [0.05, 0.1) is 20.4 Å². The molecule has 0 spiro atoms. The van der Waals surface area contributed by atoms with E-state index < -0.39 is 11.9 Å². The molecule has 0 unspecified atom stereocenters. The molecule has 0 saturated heterocycles. The molecule has 2 aromatic carbocycles. The van der Waals surface area contributed by atoms with Crippen LogP contribution in [-0.2, 0) is 6.18 Å². The molecule has 0 bridgehead atoms. The van der Waals surface area contributed by atoms with Crippen molar-refractivity contribution >= 4 is 12.0 Å². The number of alkyl halides is 3. The Morgan fingerprint density at radius 3 is 2.38 bits per heavy atom. The molecule has 0 aliphatic rings. The van der Waals surface area contributed by atoms with Crippen molar-refractivity contribution in [2.75, 3.05) is 19.6 Å². The van der Waals surface area contributed by atoms with E-state index in [0.29, 0.717) is 22.6 Å². The Labute approximate surface area is 165 Å². The van der Waals surface area contributed by atoms with Crippen LogP contribution in [0.25, 0.3) is 11.4 Å². The first-order chi connectivity index (χ1) is 13.9. The maximum absolute atomic E-state index is 13.2. The fraction of sp³-hybridized carbons (Fsp3) is 0.150. The zero-order valence-electron chi connectivity index (χ0n) is 15.6. The summed E-state index contributed by atoms with van der Waals surface area (Å²) in [6, 6.07) is 14.3. The Morgan fingerprint density at radius 2 is 1.72 bits per heavy atom. The van der Waals surface area contributed by atoms with Crippen LogP contribution < -0.4 is 14.9 Å². The van der Waals surface area contributed by atoms with Gasteiger partial charge in [-0.3, -0.25) is 5.43 Å². The molecule has 0 aliphatic heterocycles. The highest BCUT2D eigenvalue weighted by Crippen LogP contribution is 2.30. The summed E-state index contributed by atoms with van der Waals surface area (Å²) in [6.07, 6.45) is -3.21. The van der Waals surface area contributed by atoms with Crippen molar-refractivity contribution < 1.29 is 22.6 Å². The second-order valence-electron chi connectivity index (χ2n) is 5.80. The standard InChI is InChI=1S/C20H17F3N4O2/c1-28-15-9-8-14(16(10-15)29-2)12-24-27-18-11-17(20(21,22)23)25-19(26-18)13-6-4-3-5-7-13/h3-12H,1-2H3,(H,25,26,27). The van der Waals surface area contributed by atoms with E-state index in [-0.39, 0.29) is 11.6 Å². The number of aromatic nitrogens is 2. The summed E-state index contributed by atoms with van der Waals surface area (Å²) in [6.45, 7) is 0.